The highest BCUT2D eigenvalue weighted by molar-refractivity contribution is 7.09. The van der Waals surface area contributed by atoms with Crippen molar-refractivity contribution in [3.05, 3.63) is 46.5 Å². The van der Waals surface area contributed by atoms with Gasteiger partial charge in [0, 0.05) is 17.3 Å². The molecular formula is C13H17NOS. The molecule has 2 rings (SSSR count). The third-order valence-electron chi connectivity index (χ3n) is 2.76. The van der Waals surface area contributed by atoms with Gasteiger partial charge in [-0.15, -0.1) is 11.3 Å². The van der Waals surface area contributed by atoms with Crippen LogP contribution in [-0.4, -0.2) is 13.1 Å². The van der Waals surface area contributed by atoms with E-state index in [1.54, 1.807) is 6.26 Å². The second kappa shape index (κ2) is 5.87. The zero-order chi connectivity index (χ0) is 11.2. The van der Waals surface area contributed by atoms with Gasteiger partial charge in [0.15, 0.2) is 0 Å². The Hall–Kier alpha value is -1.06. The van der Waals surface area contributed by atoms with Crippen LogP contribution in [0.15, 0.2) is 40.3 Å². The van der Waals surface area contributed by atoms with Gasteiger partial charge in [-0.3, -0.25) is 0 Å². The normalized spacial score (nSPS) is 12.8. The van der Waals surface area contributed by atoms with Gasteiger partial charge in [0.25, 0.3) is 0 Å². The van der Waals surface area contributed by atoms with Gasteiger partial charge in [-0.05, 0) is 43.5 Å². The predicted molar refractivity (Wildman–Crippen MR) is 67.9 cm³/mol. The summed E-state index contributed by atoms with van der Waals surface area (Å²) in [5.74, 6) is 1.08. The van der Waals surface area contributed by atoms with E-state index in [1.807, 2.05) is 30.5 Å². The Kier molecular flexibility index (Phi) is 4.19. The molecule has 16 heavy (non-hydrogen) atoms. The molecule has 1 N–H and O–H groups in total. The minimum absolute atomic E-state index is 0.531. The second-order valence-corrected chi connectivity index (χ2v) is 4.92. The summed E-state index contributed by atoms with van der Waals surface area (Å²) in [6.07, 6.45) is 4.96. The van der Waals surface area contributed by atoms with Gasteiger partial charge in [-0.2, -0.15) is 0 Å². The summed E-state index contributed by atoms with van der Waals surface area (Å²) >= 11 is 1.83. The summed E-state index contributed by atoms with van der Waals surface area (Å²) < 4.78 is 5.34. The van der Waals surface area contributed by atoms with E-state index < -0.39 is 0 Å². The number of thiophene rings is 1. The molecule has 0 spiro atoms. The average Bonchev–Trinajstić information content (AvgIpc) is 2.97. The summed E-state index contributed by atoms with van der Waals surface area (Å²) in [5.41, 5.74) is 0. The molecule has 2 nitrogen and oxygen atoms in total. The van der Waals surface area contributed by atoms with Crippen LogP contribution in [0.3, 0.4) is 0 Å². The predicted octanol–water partition coefficient (Wildman–Crippen LogP) is 3.10. The van der Waals surface area contributed by atoms with Crippen molar-refractivity contribution in [1.29, 1.82) is 0 Å². The molecule has 1 atom stereocenters. The van der Waals surface area contributed by atoms with Crippen LogP contribution in [0.1, 0.15) is 17.1 Å². The zero-order valence-electron chi connectivity index (χ0n) is 9.48. The molecule has 0 radical (unpaired) electrons. The Morgan fingerprint density at radius 3 is 2.94 bits per heavy atom. The van der Waals surface area contributed by atoms with Gasteiger partial charge >= 0.3 is 0 Å². The molecule has 0 aliphatic carbocycles. The zero-order valence-corrected chi connectivity index (χ0v) is 10.3. The molecule has 86 valence electrons. The van der Waals surface area contributed by atoms with Crippen molar-refractivity contribution >= 4 is 11.3 Å². The van der Waals surface area contributed by atoms with Crippen molar-refractivity contribution in [2.45, 2.75) is 25.3 Å². The number of furan rings is 1. The van der Waals surface area contributed by atoms with Crippen LogP contribution >= 0.6 is 11.3 Å². The molecule has 2 aromatic rings. The molecule has 1 unspecified atom stereocenters. The fourth-order valence-electron chi connectivity index (χ4n) is 1.79. The number of nitrogens with one attached hydrogen (secondary N) is 1. The maximum Gasteiger partial charge on any atom is 0.103 e. The van der Waals surface area contributed by atoms with Gasteiger partial charge in [0.1, 0.15) is 5.76 Å². The fourth-order valence-corrected chi connectivity index (χ4v) is 2.58. The first-order chi connectivity index (χ1) is 7.88. The van der Waals surface area contributed by atoms with Crippen LogP contribution in [0, 0.1) is 0 Å². The van der Waals surface area contributed by atoms with Crippen molar-refractivity contribution in [2.75, 3.05) is 7.05 Å². The average molecular weight is 235 g/mol. The van der Waals surface area contributed by atoms with E-state index in [-0.39, 0.29) is 0 Å². The van der Waals surface area contributed by atoms with Crippen molar-refractivity contribution in [3.63, 3.8) is 0 Å². The Bertz CT molecular complexity index is 380. The SMILES string of the molecule is CNC(CCc1ccco1)Cc1cccs1. The van der Waals surface area contributed by atoms with Crippen LogP contribution < -0.4 is 5.32 Å². The molecule has 3 heteroatoms. The standard InChI is InChI=1S/C13H17NOS/c1-14-11(10-13-5-3-9-16-13)6-7-12-4-2-8-15-12/h2-5,8-9,11,14H,6-7,10H2,1H3. The van der Waals surface area contributed by atoms with E-state index in [2.05, 4.69) is 22.8 Å². The third-order valence-corrected chi connectivity index (χ3v) is 3.65. The number of rotatable bonds is 6. The molecule has 0 bridgehead atoms. The van der Waals surface area contributed by atoms with E-state index in [0.717, 1.165) is 25.0 Å². The van der Waals surface area contributed by atoms with E-state index in [4.69, 9.17) is 4.42 Å². The topological polar surface area (TPSA) is 25.2 Å². The van der Waals surface area contributed by atoms with Gasteiger partial charge in [0.05, 0.1) is 6.26 Å². The second-order valence-electron chi connectivity index (χ2n) is 3.89. The highest BCUT2D eigenvalue weighted by atomic mass is 32.1. The van der Waals surface area contributed by atoms with Crippen LogP contribution in [0.4, 0.5) is 0 Å². The lowest BCUT2D eigenvalue weighted by molar-refractivity contribution is 0.461. The molecule has 0 saturated carbocycles. The van der Waals surface area contributed by atoms with Gasteiger partial charge in [-0.25, -0.2) is 0 Å². The highest BCUT2D eigenvalue weighted by Crippen LogP contribution is 2.14. The number of hydrogen-bond acceptors (Lipinski definition) is 3. The lowest BCUT2D eigenvalue weighted by Crippen LogP contribution is -2.27. The number of aryl methyl sites for hydroxylation is 1. The molecule has 0 aliphatic heterocycles. The largest absolute Gasteiger partial charge is 0.469 e. The van der Waals surface area contributed by atoms with Gasteiger partial charge in [0.2, 0.25) is 0 Å². The van der Waals surface area contributed by atoms with Crippen LogP contribution in [0.25, 0.3) is 0 Å². The van der Waals surface area contributed by atoms with Crippen molar-refractivity contribution in [2.24, 2.45) is 0 Å². The van der Waals surface area contributed by atoms with Gasteiger partial charge in [-0.1, -0.05) is 6.07 Å². The van der Waals surface area contributed by atoms with E-state index in [0.29, 0.717) is 6.04 Å². The molecule has 0 aromatic carbocycles. The number of likely N-dealkylation sites (N-methyl/N-ethyl adjacent to an activating group) is 1. The number of hydrogen-bond donors (Lipinski definition) is 1. The molecule has 0 fully saturated rings. The summed E-state index contributed by atoms with van der Waals surface area (Å²) in [6.45, 7) is 0. The Labute approximate surface area is 100 Å². The summed E-state index contributed by atoms with van der Waals surface area (Å²) in [4.78, 5) is 1.44. The van der Waals surface area contributed by atoms with Crippen molar-refractivity contribution < 1.29 is 4.42 Å². The Morgan fingerprint density at radius 2 is 2.31 bits per heavy atom. The lowest BCUT2D eigenvalue weighted by atomic mass is 10.1. The maximum absolute atomic E-state index is 5.34. The van der Waals surface area contributed by atoms with Crippen molar-refractivity contribution in [1.82, 2.24) is 5.32 Å². The summed E-state index contributed by atoms with van der Waals surface area (Å²) in [7, 11) is 2.03. The van der Waals surface area contributed by atoms with Gasteiger partial charge < -0.3 is 9.73 Å². The molecule has 2 aromatic heterocycles. The van der Waals surface area contributed by atoms with Crippen LogP contribution in [0.2, 0.25) is 0 Å². The minimum Gasteiger partial charge on any atom is -0.469 e. The molecule has 0 aliphatic rings. The summed E-state index contributed by atoms with van der Waals surface area (Å²) in [6, 6.07) is 8.82. The first kappa shape index (κ1) is 11.4. The maximum atomic E-state index is 5.34. The van der Waals surface area contributed by atoms with Crippen LogP contribution in [0.5, 0.6) is 0 Å². The first-order valence-corrected chi connectivity index (χ1v) is 6.48. The fraction of sp³-hybridized carbons (Fsp3) is 0.385. The van der Waals surface area contributed by atoms with E-state index in [9.17, 15) is 0 Å². The van der Waals surface area contributed by atoms with E-state index in [1.165, 1.54) is 4.88 Å². The minimum atomic E-state index is 0.531. The highest BCUT2D eigenvalue weighted by Gasteiger charge is 2.09. The monoisotopic (exact) mass is 235 g/mol. The smallest absolute Gasteiger partial charge is 0.103 e. The quantitative estimate of drug-likeness (QED) is 0.832. The molecule has 0 amide bonds. The third kappa shape index (κ3) is 3.22. The first-order valence-electron chi connectivity index (χ1n) is 5.60. The summed E-state index contributed by atoms with van der Waals surface area (Å²) in [5, 5.41) is 5.50. The van der Waals surface area contributed by atoms with Crippen molar-refractivity contribution in [3.8, 4) is 0 Å². The molecule has 2 heterocycles. The van der Waals surface area contributed by atoms with Crippen LogP contribution in [-0.2, 0) is 12.8 Å². The van der Waals surface area contributed by atoms with E-state index >= 15 is 0 Å². The Morgan fingerprint density at radius 1 is 1.38 bits per heavy atom. The lowest BCUT2D eigenvalue weighted by Gasteiger charge is -2.14. The molecule has 0 saturated heterocycles. The Balaban J connectivity index is 1.81. The molecular weight excluding hydrogens is 218 g/mol.